The van der Waals surface area contributed by atoms with E-state index in [2.05, 4.69) is 33.6 Å². The third kappa shape index (κ3) is 6.44. The number of aromatic nitrogens is 1. The van der Waals surface area contributed by atoms with Gasteiger partial charge >= 0.3 is 0 Å². The Morgan fingerprint density at radius 1 is 1.09 bits per heavy atom. The highest BCUT2D eigenvalue weighted by molar-refractivity contribution is 5.93. The molecule has 43 heavy (non-hydrogen) atoms. The fourth-order valence-corrected chi connectivity index (χ4v) is 5.72. The minimum absolute atomic E-state index is 0.000650. The Hall–Kier alpha value is -4.57. The molecule has 2 aromatic carbocycles. The van der Waals surface area contributed by atoms with Crippen LogP contribution in [0.4, 0.5) is 8.78 Å². The van der Waals surface area contributed by atoms with Crippen molar-refractivity contribution in [3.8, 4) is 5.75 Å². The number of aliphatic imine (C=N–C) groups is 1. The number of hydrogen-bond acceptors (Lipinski definition) is 6. The second-order valence-corrected chi connectivity index (χ2v) is 11.2. The van der Waals surface area contributed by atoms with Gasteiger partial charge in [-0.05, 0) is 90.7 Å². The molecule has 1 amide bonds. The van der Waals surface area contributed by atoms with Crippen LogP contribution in [-0.4, -0.2) is 54.0 Å². The highest BCUT2D eigenvalue weighted by atomic mass is 19.2. The molecule has 3 aliphatic heterocycles. The average Bonchev–Trinajstić information content (AvgIpc) is 3.44. The molecular formula is C33H33F2N5O3. The van der Waals surface area contributed by atoms with Crippen LogP contribution in [0.15, 0.2) is 82.9 Å². The smallest absolute Gasteiger partial charge is 0.263 e. The Bertz CT molecular complexity index is 1670. The quantitative estimate of drug-likeness (QED) is 0.416. The van der Waals surface area contributed by atoms with E-state index in [9.17, 15) is 18.4 Å². The van der Waals surface area contributed by atoms with Gasteiger partial charge in [-0.25, -0.2) is 8.78 Å². The molecule has 3 aliphatic rings. The van der Waals surface area contributed by atoms with Gasteiger partial charge < -0.3 is 24.8 Å². The predicted molar refractivity (Wildman–Crippen MR) is 161 cm³/mol. The van der Waals surface area contributed by atoms with Crippen molar-refractivity contribution in [3.63, 3.8) is 0 Å². The topological polar surface area (TPSA) is 88.0 Å². The van der Waals surface area contributed by atoms with Gasteiger partial charge in [-0.2, -0.15) is 0 Å². The van der Waals surface area contributed by atoms with Crippen molar-refractivity contribution in [3.05, 3.63) is 117 Å². The number of nitrogens with one attached hydrogen (secondary N) is 2. The summed E-state index contributed by atoms with van der Waals surface area (Å²) >= 11 is 0. The lowest BCUT2D eigenvalue weighted by Gasteiger charge is -2.29. The van der Waals surface area contributed by atoms with Crippen LogP contribution in [0, 0.1) is 17.6 Å². The van der Waals surface area contributed by atoms with Gasteiger partial charge in [0, 0.05) is 44.2 Å². The number of piperidine rings is 1. The van der Waals surface area contributed by atoms with Gasteiger partial charge in [0.1, 0.15) is 23.6 Å². The maximum Gasteiger partial charge on any atom is 0.263 e. The Labute approximate surface area is 248 Å². The standard InChI is InChI=1S/C33H33F2N5O3/c1-39-12-8-24(9-13-39)43-25-15-22(14-23(17-25)28-19-37-31-26(28)4-2-10-36-31)18-38-32(41)27-5-3-11-40(33(27)42)20-21-6-7-29(34)30(35)16-21/h2-7,10-11,14-17,19,24,26,31,37H,8-9,12-13,18,20H2,1H3,(H,38,41). The van der Waals surface area contributed by atoms with E-state index in [0.717, 1.165) is 60.5 Å². The lowest BCUT2D eigenvalue weighted by atomic mass is 9.91. The molecule has 2 N–H and O–H groups in total. The number of ether oxygens (including phenoxy) is 1. The molecule has 10 heteroatoms. The molecule has 222 valence electrons. The van der Waals surface area contributed by atoms with Gasteiger partial charge in [0.25, 0.3) is 11.5 Å². The molecule has 6 rings (SSSR count). The molecule has 0 aliphatic carbocycles. The van der Waals surface area contributed by atoms with E-state index in [1.165, 1.54) is 22.9 Å². The highest BCUT2D eigenvalue weighted by Crippen LogP contribution is 2.35. The van der Waals surface area contributed by atoms with Crippen LogP contribution in [-0.2, 0) is 13.1 Å². The van der Waals surface area contributed by atoms with Crippen LogP contribution in [0.5, 0.6) is 5.75 Å². The average molecular weight is 586 g/mol. The van der Waals surface area contributed by atoms with Crippen LogP contribution < -0.4 is 20.9 Å². The third-order valence-corrected chi connectivity index (χ3v) is 8.08. The molecule has 1 saturated heterocycles. The first-order chi connectivity index (χ1) is 20.8. The zero-order chi connectivity index (χ0) is 29.9. The number of pyridine rings is 1. The highest BCUT2D eigenvalue weighted by Gasteiger charge is 2.29. The normalized spacial score (nSPS) is 19.9. The number of amides is 1. The maximum absolute atomic E-state index is 13.7. The largest absolute Gasteiger partial charge is 0.490 e. The fourth-order valence-electron chi connectivity index (χ4n) is 5.72. The summed E-state index contributed by atoms with van der Waals surface area (Å²) < 4.78 is 34.8. The summed E-state index contributed by atoms with van der Waals surface area (Å²) in [6, 6.07) is 12.5. The fraction of sp³-hybridized carbons (Fsp3) is 0.303. The van der Waals surface area contributed by atoms with Crippen molar-refractivity contribution in [2.24, 2.45) is 10.9 Å². The number of rotatable bonds is 8. The summed E-state index contributed by atoms with van der Waals surface area (Å²) in [7, 11) is 2.11. The monoisotopic (exact) mass is 585 g/mol. The van der Waals surface area contributed by atoms with E-state index in [-0.39, 0.29) is 36.8 Å². The second-order valence-electron chi connectivity index (χ2n) is 11.2. The van der Waals surface area contributed by atoms with Gasteiger partial charge in [0.05, 0.1) is 6.54 Å². The molecule has 1 fully saturated rings. The molecule has 2 unspecified atom stereocenters. The minimum Gasteiger partial charge on any atom is -0.490 e. The van der Waals surface area contributed by atoms with Gasteiger partial charge in [0.2, 0.25) is 0 Å². The zero-order valence-electron chi connectivity index (χ0n) is 23.8. The SMILES string of the molecule is CN1CCC(Oc2cc(CNC(=O)c3cccn(Cc4ccc(F)c(F)c4)c3=O)cc(C3=CNC4N=CC=CC34)c2)CC1. The number of hydrogen-bond donors (Lipinski definition) is 2. The molecule has 8 nitrogen and oxygen atoms in total. The first-order valence-electron chi connectivity index (χ1n) is 14.4. The van der Waals surface area contributed by atoms with Crippen molar-refractivity contribution in [1.82, 2.24) is 20.1 Å². The molecule has 0 radical (unpaired) electrons. The first kappa shape index (κ1) is 28.5. The van der Waals surface area contributed by atoms with Crippen molar-refractivity contribution in [2.75, 3.05) is 20.1 Å². The number of fused-ring (bicyclic) bond motifs is 1. The van der Waals surface area contributed by atoms with Gasteiger partial charge in [-0.1, -0.05) is 12.1 Å². The number of dihydropyridines is 1. The molecule has 3 aromatic rings. The molecule has 0 spiro atoms. The summed E-state index contributed by atoms with van der Waals surface area (Å²) in [5.41, 5.74) is 2.73. The summed E-state index contributed by atoms with van der Waals surface area (Å²) in [4.78, 5) is 33.1. The molecule has 0 saturated carbocycles. The van der Waals surface area contributed by atoms with E-state index in [0.29, 0.717) is 5.56 Å². The predicted octanol–water partition coefficient (Wildman–Crippen LogP) is 4.10. The Morgan fingerprint density at radius 3 is 2.74 bits per heavy atom. The van der Waals surface area contributed by atoms with Crippen LogP contribution in [0.1, 0.15) is 39.9 Å². The minimum atomic E-state index is -0.993. The summed E-state index contributed by atoms with van der Waals surface area (Å²) in [6.07, 6.45) is 11.3. The zero-order valence-corrected chi connectivity index (χ0v) is 23.8. The van der Waals surface area contributed by atoms with Crippen molar-refractivity contribution in [1.29, 1.82) is 0 Å². The summed E-state index contributed by atoms with van der Waals surface area (Å²) in [5, 5.41) is 6.21. The molecular weight excluding hydrogens is 552 g/mol. The van der Waals surface area contributed by atoms with Crippen LogP contribution >= 0.6 is 0 Å². The van der Waals surface area contributed by atoms with Gasteiger partial charge in [-0.3, -0.25) is 14.6 Å². The Kier molecular flexibility index (Phi) is 8.20. The van der Waals surface area contributed by atoms with Crippen LogP contribution in [0.25, 0.3) is 5.57 Å². The lowest BCUT2D eigenvalue weighted by molar-refractivity contribution is 0.0948. The van der Waals surface area contributed by atoms with E-state index >= 15 is 0 Å². The lowest BCUT2D eigenvalue weighted by Crippen LogP contribution is -2.35. The van der Waals surface area contributed by atoms with E-state index in [1.54, 1.807) is 12.3 Å². The summed E-state index contributed by atoms with van der Waals surface area (Å²) in [6.45, 7) is 2.12. The number of carbonyl (C=O) groups is 1. The molecule has 0 bridgehead atoms. The maximum atomic E-state index is 13.7. The number of carbonyl (C=O) groups excluding carboxylic acids is 1. The number of likely N-dealkylation sites (tertiary alicyclic amines) is 1. The Balaban J connectivity index is 1.21. The second kappa shape index (κ2) is 12.3. The first-order valence-corrected chi connectivity index (χ1v) is 14.4. The van der Waals surface area contributed by atoms with E-state index < -0.39 is 23.1 Å². The van der Waals surface area contributed by atoms with Gasteiger partial charge in [0.15, 0.2) is 11.6 Å². The number of allylic oxidation sites excluding steroid dienone is 1. The van der Waals surface area contributed by atoms with Crippen molar-refractivity contribution in [2.45, 2.75) is 38.2 Å². The number of halogens is 2. The van der Waals surface area contributed by atoms with Crippen LogP contribution in [0.3, 0.4) is 0 Å². The number of benzene rings is 2. The third-order valence-electron chi connectivity index (χ3n) is 8.08. The van der Waals surface area contributed by atoms with E-state index in [1.807, 2.05) is 30.5 Å². The van der Waals surface area contributed by atoms with E-state index in [4.69, 9.17) is 4.74 Å². The summed E-state index contributed by atoms with van der Waals surface area (Å²) in [5.74, 6) is -1.66. The van der Waals surface area contributed by atoms with Crippen LogP contribution in [0.2, 0.25) is 0 Å². The Morgan fingerprint density at radius 2 is 1.93 bits per heavy atom. The van der Waals surface area contributed by atoms with Crippen molar-refractivity contribution < 1.29 is 18.3 Å². The molecule has 2 atom stereocenters. The molecule has 4 heterocycles. The molecule has 1 aromatic heterocycles. The van der Waals surface area contributed by atoms with Gasteiger partial charge in [-0.15, -0.1) is 0 Å². The number of nitrogens with zero attached hydrogens (tertiary/aromatic N) is 3. The van der Waals surface area contributed by atoms with Crippen molar-refractivity contribution >= 4 is 17.7 Å².